The fourth-order valence-electron chi connectivity index (χ4n) is 3.28. The quantitative estimate of drug-likeness (QED) is 0.846. The summed E-state index contributed by atoms with van der Waals surface area (Å²) in [6.45, 7) is 2.70. The maximum absolute atomic E-state index is 12.6. The van der Waals surface area contributed by atoms with Crippen molar-refractivity contribution in [3.63, 3.8) is 0 Å². The van der Waals surface area contributed by atoms with E-state index >= 15 is 0 Å². The number of carboxylic acids is 1. The predicted octanol–water partition coefficient (Wildman–Crippen LogP) is 0.826. The first kappa shape index (κ1) is 17.3. The van der Waals surface area contributed by atoms with Gasteiger partial charge in [-0.1, -0.05) is 12.1 Å². The molecule has 2 fully saturated rings. The third kappa shape index (κ3) is 3.77. The second-order valence-corrected chi connectivity index (χ2v) is 8.17. The average Bonchev–Trinajstić information content (AvgIpc) is 3.05. The van der Waals surface area contributed by atoms with Crippen LogP contribution in [0.1, 0.15) is 22.3 Å². The molecule has 0 saturated carbocycles. The van der Waals surface area contributed by atoms with E-state index in [9.17, 15) is 13.2 Å². The number of rotatable bonds is 5. The second-order valence-electron chi connectivity index (χ2n) is 6.24. The van der Waals surface area contributed by atoms with Gasteiger partial charge in [-0.05, 0) is 36.5 Å². The van der Waals surface area contributed by atoms with E-state index in [1.54, 1.807) is 22.5 Å². The summed E-state index contributed by atoms with van der Waals surface area (Å²) in [5.74, 6) is -0.732. The van der Waals surface area contributed by atoms with Gasteiger partial charge >= 0.3 is 5.97 Å². The number of hydrogen-bond donors (Lipinski definition) is 1. The van der Waals surface area contributed by atoms with Gasteiger partial charge in [0.25, 0.3) is 10.2 Å². The fraction of sp³-hybridized carbons (Fsp3) is 0.562. The number of hydrogen-bond acceptors (Lipinski definition) is 4. The van der Waals surface area contributed by atoms with Gasteiger partial charge in [0.2, 0.25) is 0 Å². The number of nitrogens with zero attached hydrogens (tertiary/aromatic N) is 2. The van der Waals surface area contributed by atoms with E-state index in [2.05, 4.69) is 0 Å². The van der Waals surface area contributed by atoms with Crippen LogP contribution in [-0.2, 0) is 21.4 Å². The molecule has 2 saturated heterocycles. The van der Waals surface area contributed by atoms with E-state index in [0.29, 0.717) is 45.8 Å². The van der Waals surface area contributed by atoms with Crippen LogP contribution in [-0.4, -0.2) is 67.5 Å². The summed E-state index contributed by atoms with van der Waals surface area (Å²) in [6, 6.07) is 6.86. The van der Waals surface area contributed by atoms with Crippen molar-refractivity contribution < 1.29 is 23.1 Å². The summed E-state index contributed by atoms with van der Waals surface area (Å²) in [4.78, 5) is 11.0. The van der Waals surface area contributed by atoms with Crippen LogP contribution in [0.5, 0.6) is 0 Å². The first-order valence-electron chi connectivity index (χ1n) is 8.12. The summed E-state index contributed by atoms with van der Waals surface area (Å²) in [5, 5.41) is 9.06. The van der Waals surface area contributed by atoms with Crippen molar-refractivity contribution in [3.05, 3.63) is 35.4 Å². The number of carbonyl (C=O) groups is 1. The van der Waals surface area contributed by atoms with Crippen molar-refractivity contribution in [1.82, 2.24) is 8.61 Å². The minimum Gasteiger partial charge on any atom is -0.478 e. The van der Waals surface area contributed by atoms with Crippen LogP contribution in [0, 0.1) is 5.92 Å². The highest BCUT2D eigenvalue weighted by Crippen LogP contribution is 2.25. The van der Waals surface area contributed by atoms with Crippen molar-refractivity contribution in [2.45, 2.75) is 12.8 Å². The van der Waals surface area contributed by atoms with Crippen molar-refractivity contribution in [1.29, 1.82) is 0 Å². The van der Waals surface area contributed by atoms with Gasteiger partial charge in [0, 0.05) is 26.2 Å². The maximum atomic E-state index is 12.6. The topological polar surface area (TPSA) is 87.2 Å². The van der Waals surface area contributed by atoms with Crippen molar-refractivity contribution >= 4 is 16.2 Å². The molecule has 0 bridgehead atoms. The number of benzene rings is 1. The number of carboxylic acid groups (broad SMARTS) is 1. The molecule has 0 radical (unpaired) electrons. The molecule has 132 valence electrons. The zero-order valence-corrected chi connectivity index (χ0v) is 14.2. The lowest BCUT2D eigenvalue weighted by atomic mass is 9.97. The van der Waals surface area contributed by atoms with Crippen molar-refractivity contribution in [2.24, 2.45) is 5.92 Å². The molecule has 2 heterocycles. The van der Waals surface area contributed by atoms with Gasteiger partial charge in [-0.2, -0.15) is 17.0 Å². The molecule has 3 rings (SSSR count). The molecular formula is C16H22N2O5S. The third-order valence-electron chi connectivity index (χ3n) is 4.57. The minimum absolute atomic E-state index is 0.213. The Kier molecular flexibility index (Phi) is 5.19. The number of aromatic carboxylic acids is 1. The Morgan fingerprint density at radius 1 is 1.21 bits per heavy atom. The summed E-state index contributed by atoms with van der Waals surface area (Å²) >= 11 is 0. The molecule has 1 atom stereocenters. The summed E-state index contributed by atoms with van der Waals surface area (Å²) in [7, 11) is -3.42. The lowest BCUT2D eigenvalue weighted by Crippen LogP contribution is -2.47. The van der Waals surface area contributed by atoms with Crippen LogP contribution in [0.25, 0.3) is 0 Å². The Morgan fingerprint density at radius 2 is 1.96 bits per heavy atom. The monoisotopic (exact) mass is 354 g/mol. The zero-order valence-electron chi connectivity index (χ0n) is 13.4. The average molecular weight is 354 g/mol. The summed E-state index contributed by atoms with van der Waals surface area (Å²) in [5.41, 5.74) is 1.20. The SMILES string of the molecule is O=C(O)c1cccc(CC2CCN(S(=O)(=O)N3CCOCC3)C2)c1. The molecule has 0 aromatic heterocycles. The molecule has 1 aromatic carbocycles. The minimum atomic E-state index is -3.42. The van der Waals surface area contributed by atoms with Crippen LogP contribution in [0.4, 0.5) is 0 Å². The molecule has 7 nitrogen and oxygen atoms in total. The van der Waals surface area contributed by atoms with Gasteiger partial charge in [-0.25, -0.2) is 4.79 Å². The Bertz CT molecular complexity index is 700. The van der Waals surface area contributed by atoms with Crippen LogP contribution >= 0.6 is 0 Å². The van der Waals surface area contributed by atoms with Crippen molar-refractivity contribution in [2.75, 3.05) is 39.4 Å². The lowest BCUT2D eigenvalue weighted by molar-refractivity contribution is 0.0696. The first-order chi connectivity index (χ1) is 11.5. The Balaban J connectivity index is 1.63. The van der Waals surface area contributed by atoms with Crippen LogP contribution in [0.3, 0.4) is 0 Å². The summed E-state index contributed by atoms with van der Waals surface area (Å²) < 4.78 is 33.5. The van der Waals surface area contributed by atoms with Gasteiger partial charge in [0.15, 0.2) is 0 Å². The zero-order chi connectivity index (χ0) is 17.2. The fourth-order valence-corrected chi connectivity index (χ4v) is 4.95. The van der Waals surface area contributed by atoms with Gasteiger partial charge in [-0.15, -0.1) is 0 Å². The molecule has 1 N–H and O–H groups in total. The van der Waals surface area contributed by atoms with E-state index in [-0.39, 0.29) is 11.5 Å². The summed E-state index contributed by atoms with van der Waals surface area (Å²) in [6.07, 6.45) is 1.48. The molecule has 2 aliphatic rings. The van der Waals surface area contributed by atoms with E-state index in [1.807, 2.05) is 6.07 Å². The smallest absolute Gasteiger partial charge is 0.335 e. The molecule has 8 heteroatoms. The van der Waals surface area contributed by atoms with Gasteiger partial charge < -0.3 is 9.84 Å². The Hall–Kier alpha value is -1.48. The van der Waals surface area contributed by atoms with E-state index < -0.39 is 16.2 Å². The third-order valence-corrected chi connectivity index (χ3v) is 6.57. The van der Waals surface area contributed by atoms with Crippen LogP contribution in [0.15, 0.2) is 24.3 Å². The Morgan fingerprint density at radius 3 is 2.67 bits per heavy atom. The van der Waals surface area contributed by atoms with Crippen molar-refractivity contribution in [3.8, 4) is 0 Å². The highest BCUT2D eigenvalue weighted by atomic mass is 32.2. The molecular weight excluding hydrogens is 332 g/mol. The van der Waals surface area contributed by atoms with E-state index in [4.69, 9.17) is 9.84 Å². The molecule has 2 aliphatic heterocycles. The standard InChI is InChI=1S/C16H22N2O5S/c19-16(20)15-3-1-2-13(11-15)10-14-4-5-18(12-14)24(21,22)17-6-8-23-9-7-17/h1-3,11,14H,4-10,12H2,(H,19,20). The molecule has 0 aliphatic carbocycles. The van der Waals surface area contributed by atoms with Gasteiger partial charge in [-0.3, -0.25) is 0 Å². The molecule has 0 amide bonds. The van der Waals surface area contributed by atoms with Gasteiger partial charge in [0.05, 0.1) is 18.8 Å². The highest BCUT2D eigenvalue weighted by molar-refractivity contribution is 7.86. The Labute approximate surface area is 142 Å². The van der Waals surface area contributed by atoms with Gasteiger partial charge in [0.1, 0.15) is 0 Å². The normalized spacial score (nSPS) is 23.4. The second kappa shape index (κ2) is 7.18. The van der Waals surface area contributed by atoms with Crippen LogP contribution < -0.4 is 0 Å². The molecule has 0 spiro atoms. The number of ether oxygens (including phenoxy) is 1. The lowest BCUT2D eigenvalue weighted by Gasteiger charge is -2.30. The highest BCUT2D eigenvalue weighted by Gasteiger charge is 2.36. The first-order valence-corrected chi connectivity index (χ1v) is 9.52. The molecule has 24 heavy (non-hydrogen) atoms. The predicted molar refractivity (Wildman–Crippen MR) is 88.1 cm³/mol. The number of morpholine rings is 1. The van der Waals surface area contributed by atoms with Crippen LogP contribution in [0.2, 0.25) is 0 Å². The largest absolute Gasteiger partial charge is 0.478 e. The molecule has 1 unspecified atom stereocenters. The maximum Gasteiger partial charge on any atom is 0.335 e. The molecule has 1 aromatic rings. The van der Waals surface area contributed by atoms with E-state index in [0.717, 1.165) is 12.0 Å². The van der Waals surface area contributed by atoms with E-state index in [1.165, 1.54) is 4.31 Å².